The molecule has 0 saturated heterocycles. The van der Waals surface area contributed by atoms with E-state index in [-0.39, 0.29) is 23.5 Å². The van der Waals surface area contributed by atoms with Gasteiger partial charge in [-0.1, -0.05) is 54.6 Å². The maximum atomic E-state index is 13.9. The molecule has 0 N–H and O–H groups in total. The van der Waals surface area contributed by atoms with Crippen LogP contribution in [-0.4, -0.2) is 23.7 Å². The van der Waals surface area contributed by atoms with Gasteiger partial charge in [0.25, 0.3) is 5.54 Å². The Morgan fingerprint density at radius 2 is 1.41 bits per heavy atom. The summed E-state index contributed by atoms with van der Waals surface area (Å²) >= 11 is 0. The standard InChI is InChI=1S/C19H12F6N2/c20-18(21,22)17(19(23,24)25)15-11-10-12-6-4-5-9-14(12)27(15)16(26-17)13-7-2-1-3-8-13/h1-9,11H,10H2. The molecule has 27 heavy (non-hydrogen) atoms. The summed E-state index contributed by atoms with van der Waals surface area (Å²) in [5, 5.41) is 0. The zero-order valence-electron chi connectivity index (χ0n) is 13.6. The van der Waals surface area contributed by atoms with E-state index in [2.05, 4.69) is 4.99 Å². The molecule has 2 aromatic carbocycles. The number of alkyl halides is 6. The van der Waals surface area contributed by atoms with Crippen LogP contribution in [0.25, 0.3) is 0 Å². The number of para-hydroxylation sites is 1. The van der Waals surface area contributed by atoms with Crippen molar-refractivity contribution in [3.8, 4) is 0 Å². The molecule has 2 aromatic rings. The number of anilines is 1. The fourth-order valence-electron chi connectivity index (χ4n) is 3.49. The Morgan fingerprint density at radius 1 is 0.815 bits per heavy atom. The molecule has 4 rings (SSSR count). The van der Waals surface area contributed by atoms with Gasteiger partial charge in [0.05, 0.1) is 11.4 Å². The Bertz CT molecular complexity index is 927. The van der Waals surface area contributed by atoms with Crippen molar-refractivity contribution in [2.24, 2.45) is 4.99 Å². The molecule has 0 atom stereocenters. The van der Waals surface area contributed by atoms with Gasteiger partial charge in [-0.05, 0) is 18.1 Å². The van der Waals surface area contributed by atoms with Gasteiger partial charge in [0.15, 0.2) is 0 Å². The summed E-state index contributed by atoms with van der Waals surface area (Å²) in [6, 6.07) is 14.0. The lowest BCUT2D eigenvalue weighted by Crippen LogP contribution is -2.57. The first kappa shape index (κ1) is 17.6. The van der Waals surface area contributed by atoms with Gasteiger partial charge in [0.2, 0.25) is 0 Å². The molecule has 2 aliphatic rings. The third kappa shape index (κ3) is 2.39. The van der Waals surface area contributed by atoms with Crippen LogP contribution in [0.1, 0.15) is 11.1 Å². The molecule has 0 unspecified atom stereocenters. The number of aliphatic imine (C=N–C) groups is 1. The van der Waals surface area contributed by atoms with Gasteiger partial charge in [-0.25, -0.2) is 4.99 Å². The van der Waals surface area contributed by atoms with Crippen LogP contribution in [0.3, 0.4) is 0 Å². The number of amidine groups is 1. The van der Waals surface area contributed by atoms with E-state index in [9.17, 15) is 26.3 Å². The predicted octanol–water partition coefficient (Wildman–Crippen LogP) is 5.26. The normalized spacial score (nSPS) is 18.5. The van der Waals surface area contributed by atoms with Gasteiger partial charge >= 0.3 is 12.4 Å². The Kier molecular flexibility index (Phi) is 3.66. The van der Waals surface area contributed by atoms with Crippen LogP contribution >= 0.6 is 0 Å². The third-order valence-electron chi connectivity index (χ3n) is 4.70. The molecule has 0 amide bonds. The van der Waals surface area contributed by atoms with Crippen molar-refractivity contribution >= 4 is 11.5 Å². The van der Waals surface area contributed by atoms with Crippen LogP contribution in [0.15, 0.2) is 71.4 Å². The number of halogens is 6. The number of hydrogen-bond donors (Lipinski definition) is 0. The average molecular weight is 382 g/mol. The molecule has 2 heterocycles. The SMILES string of the molecule is FC(F)(F)C1(C(F)(F)F)N=C(c2ccccc2)N2C1=CCc1ccccc12. The van der Waals surface area contributed by atoms with Gasteiger partial charge in [-0.2, -0.15) is 26.3 Å². The lowest BCUT2D eigenvalue weighted by atomic mass is 9.90. The van der Waals surface area contributed by atoms with Gasteiger partial charge < -0.3 is 0 Å². The maximum absolute atomic E-state index is 13.9. The highest BCUT2D eigenvalue weighted by atomic mass is 19.4. The van der Waals surface area contributed by atoms with Crippen molar-refractivity contribution in [3.05, 3.63) is 77.5 Å². The van der Waals surface area contributed by atoms with Crippen molar-refractivity contribution in [3.63, 3.8) is 0 Å². The van der Waals surface area contributed by atoms with Crippen molar-refractivity contribution in [1.82, 2.24) is 0 Å². The number of benzene rings is 2. The Hall–Kier alpha value is -2.77. The molecule has 140 valence electrons. The zero-order chi connectivity index (χ0) is 19.4. The van der Waals surface area contributed by atoms with Crippen LogP contribution in [0.4, 0.5) is 32.0 Å². The topological polar surface area (TPSA) is 15.6 Å². The van der Waals surface area contributed by atoms with Gasteiger partial charge in [-0.15, -0.1) is 0 Å². The first-order valence-corrected chi connectivity index (χ1v) is 8.04. The second-order valence-corrected chi connectivity index (χ2v) is 6.26. The second kappa shape index (κ2) is 5.61. The molecule has 0 bridgehead atoms. The lowest BCUT2D eigenvalue weighted by molar-refractivity contribution is -0.280. The summed E-state index contributed by atoms with van der Waals surface area (Å²) in [4.78, 5) is 4.28. The Balaban J connectivity index is 2.04. The van der Waals surface area contributed by atoms with Crippen molar-refractivity contribution in [2.45, 2.75) is 24.3 Å². The number of nitrogens with zero attached hydrogens (tertiary/aromatic N) is 2. The van der Waals surface area contributed by atoms with Gasteiger partial charge in [0, 0.05) is 5.56 Å². The van der Waals surface area contributed by atoms with E-state index in [1.807, 2.05) is 0 Å². The van der Waals surface area contributed by atoms with Crippen LogP contribution in [-0.2, 0) is 6.42 Å². The van der Waals surface area contributed by atoms with E-state index in [1.165, 1.54) is 30.3 Å². The number of fused-ring (bicyclic) bond motifs is 3. The predicted molar refractivity (Wildman–Crippen MR) is 88.5 cm³/mol. The van der Waals surface area contributed by atoms with Crippen LogP contribution in [0.2, 0.25) is 0 Å². The number of rotatable bonds is 1. The van der Waals surface area contributed by atoms with Crippen LogP contribution < -0.4 is 4.90 Å². The molecular formula is C19H12F6N2. The average Bonchev–Trinajstić information content (AvgIpc) is 2.99. The maximum Gasteiger partial charge on any atom is 0.428 e. The summed E-state index contributed by atoms with van der Waals surface area (Å²) in [6.45, 7) is 0. The molecule has 2 aliphatic heterocycles. The van der Waals surface area contributed by atoms with Crippen molar-refractivity contribution < 1.29 is 26.3 Å². The molecule has 0 fully saturated rings. The molecule has 0 spiro atoms. The minimum atomic E-state index is -5.64. The van der Waals surface area contributed by atoms with E-state index >= 15 is 0 Å². The number of hydrogen-bond acceptors (Lipinski definition) is 2. The second-order valence-electron chi connectivity index (χ2n) is 6.26. The Labute approximate surface area is 150 Å². The first-order chi connectivity index (χ1) is 12.7. The molecule has 0 radical (unpaired) electrons. The lowest BCUT2D eigenvalue weighted by Gasteiger charge is -2.36. The highest BCUT2D eigenvalue weighted by molar-refractivity contribution is 6.15. The fourth-order valence-corrected chi connectivity index (χ4v) is 3.49. The van der Waals surface area contributed by atoms with Gasteiger partial charge in [0.1, 0.15) is 5.84 Å². The molecule has 0 aromatic heterocycles. The van der Waals surface area contributed by atoms with Crippen molar-refractivity contribution in [1.29, 1.82) is 0 Å². The first-order valence-electron chi connectivity index (χ1n) is 8.04. The Morgan fingerprint density at radius 3 is 2.04 bits per heavy atom. The van der Waals surface area contributed by atoms with E-state index < -0.39 is 23.6 Å². The van der Waals surface area contributed by atoms with E-state index in [4.69, 9.17) is 0 Å². The molecule has 0 saturated carbocycles. The minimum Gasteiger partial charge on any atom is -0.295 e. The monoisotopic (exact) mass is 382 g/mol. The quantitative estimate of drug-likeness (QED) is 0.615. The van der Waals surface area contributed by atoms with Crippen LogP contribution in [0, 0.1) is 0 Å². The zero-order valence-corrected chi connectivity index (χ0v) is 13.6. The van der Waals surface area contributed by atoms with Gasteiger partial charge in [-0.3, -0.25) is 4.90 Å². The van der Waals surface area contributed by atoms with E-state index in [1.54, 1.807) is 24.3 Å². The summed E-state index contributed by atoms with van der Waals surface area (Å²) < 4.78 is 83.1. The molecular weight excluding hydrogens is 370 g/mol. The minimum absolute atomic E-state index is 0.0342. The summed E-state index contributed by atoms with van der Waals surface area (Å²) in [6.07, 6.45) is -10.3. The smallest absolute Gasteiger partial charge is 0.295 e. The van der Waals surface area contributed by atoms with Crippen LogP contribution in [0.5, 0.6) is 0 Å². The molecule has 8 heteroatoms. The fraction of sp³-hybridized carbons (Fsp3) is 0.211. The summed E-state index contributed by atoms with van der Waals surface area (Å²) in [5.74, 6) is -0.372. The van der Waals surface area contributed by atoms with E-state index in [0.717, 1.165) is 11.0 Å². The number of allylic oxidation sites excluding steroid dienone is 1. The third-order valence-corrected chi connectivity index (χ3v) is 4.70. The highest BCUT2D eigenvalue weighted by Gasteiger charge is 2.77. The summed E-state index contributed by atoms with van der Waals surface area (Å²) in [5.41, 5.74) is -4.13. The van der Waals surface area contributed by atoms with Crippen molar-refractivity contribution in [2.75, 3.05) is 4.90 Å². The molecule has 0 aliphatic carbocycles. The summed E-state index contributed by atoms with van der Waals surface area (Å²) in [7, 11) is 0. The van der Waals surface area contributed by atoms with E-state index in [0.29, 0.717) is 5.56 Å². The largest absolute Gasteiger partial charge is 0.428 e. The highest BCUT2D eigenvalue weighted by Crippen LogP contribution is 2.56. The molecule has 2 nitrogen and oxygen atoms in total.